The van der Waals surface area contributed by atoms with E-state index in [1.807, 2.05) is 0 Å². The van der Waals surface area contributed by atoms with Gasteiger partial charge < -0.3 is 9.73 Å². The summed E-state index contributed by atoms with van der Waals surface area (Å²) >= 11 is 0. The fourth-order valence-corrected chi connectivity index (χ4v) is 3.11. The lowest BCUT2D eigenvalue weighted by atomic mass is 9.95. The minimum Gasteiger partial charge on any atom is -0.465 e. The molecule has 1 fully saturated rings. The second-order valence-corrected chi connectivity index (χ2v) is 7.35. The molecule has 1 unspecified atom stereocenters. The van der Waals surface area contributed by atoms with Gasteiger partial charge in [0.15, 0.2) is 0 Å². The lowest BCUT2D eigenvalue weighted by molar-refractivity contribution is 0.271. The smallest absolute Gasteiger partial charge is 0.118 e. The van der Waals surface area contributed by atoms with Crippen molar-refractivity contribution in [3.63, 3.8) is 0 Å². The zero-order valence-corrected chi connectivity index (χ0v) is 14.4. The summed E-state index contributed by atoms with van der Waals surface area (Å²) in [6, 6.07) is 2.24. The predicted molar refractivity (Wildman–Crippen MR) is 88.2 cm³/mol. The Morgan fingerprint density at radius 2 is 2.10 bits per heavy atom. The number of aryl methyl sites for hydroxylation is 1. The molecule has 2 rings (SSSR count). The lowest BCUT2D eigenvalue weighted by Crippen LogP contribution is -2.21. The van der Waals surface area contributed by atoms with Crippen LogP contribution in [0.25, 0.3) is 0 Å². The van der Waals surface area contributed by atoms with Gasteiger partial charge in [-0.05, 0) is 50.3 Å². The summed E-state index contributed by atoms with van der Waals surface area (Å²) in [7, 11) is 0. The minimum absolute atomic E-state index is 0.689. The van der Waals surface area contributed by atoms with Gasteiger partial charge in [-0.15, -0.1) is 0 Å². The molecule has 1 atom stereocenters. The largest absolute Gasteiger partial charge is 0.465 e. The van der Waals surface area contributed by atoms with Crippen LogP contribution in [0.15, 0.2) is 10.5 Å². The van der Waals surface area contributed by atoms with Crippen molar-refractivity contribution in [2.75, 3.05) is 19.6 Å². The maximum absolute atomic E-state index is 5.95. The molecular formula is C18H32N2O. The van der Waals surface area contributed by atoms with Crippen molar-refractivity contribution in [3.8, 4) is 0 Å². The van der Waals surface area contributed by atoms with Gasteiger partial charge in [-0.2, -0.15) is 0 Å². The van der Waals surface area contributed by atoms with Gasteiger partial charge in [-0.25, -0.2) is 0 Å². The van der Waals surface area contributed by atoms with E-state index in [-0.39, 0.29) is 0 Å². The Balaban J connectivity index is 1.84. The quantitative estimate of drug-likeness (QED) is 0.828. The Morgan fingerprint density at radius 3 is 2.71 bits per heavy atom. The van der Waals surface area contributed by atoms with Crippen LogP contribution < -0.4 is 5.32 Å². The summed E-state index contributed by atoms with van der Waals surface area (Å²) in [6.45, 7) is 16.6. The highest BCUT2D eigenvalue weighted by Gasteiger charge is 2.25. The normalized spacial score (nSPS) is 20.0. The van der Waals surface area contributed by atoms with Crippen molar-refractivity contribution < 1.29 is 4.42 Å². The maximum Gasteiger partial charge on any atom is 0.118 e. The van der Waals surface area contributed by atoms with Gasteiger partial charge in [0.2, 0.25) is 0 Å². The Bertz CT molecular complexity index is 436. The van der Waals surface area contributed by atoms with Gasteiger partial charge >= 0.3 is 0 Å². The van der Waals surface area contributed by atoms with Crippen LogP contribution in [-0.4, -0.2) is 24.5 Å². The number of likely N-dealkylation sites (tertiary alicyclic amines) is 1. The number of rotatable bonds is 7. The second-order valence-electron chi connectivity index (χ2n) is 7.35. The van der Waals surface area contributed by atoms with Crippen LogP contribution in [0, 0.1) is 24.7 Å². The van der Waals surface area contributed by atoms with E-state index in [0.717, 1.165) is 43.0 Å². The molecule has 0 aromatic carbocycles. The summed E-state index contributed by atoms with van der Waals surface area (Å²) in [5.74, 6) is 4.53. The number of furan rings is 1. The molecule has 1 N–H and O–H groups in total. The van der Waals surface area contributed by atoms with Crippen LogP contribution >= 0.6 is 0 Å². The van der Waals surface area contributed by atoms with Gasteiger partial charge in [-0.3, -0.25) is 4.90 Å². The Morgan fingerprint density at radius 1 is 1.33 bits per heavy atom. The minimum atomic E-state index is 0.689. The second kappa shape index (κ2) is 7.46. The van der Waals surface area contributed by atoms with Crippen molar-refractivity contribution in [2.45, 2.75) is 54.1 Å². The van der Waals surface area contributed by atoms with Crippen molar-refractivity contribution in [1.82, 2.24) is 10.2 Å². The van der Waals surface area contributed by atoms with E-state index in [0.29, 0.717) is 5.92 Å². The predicted octanol–water partition coefficient (Wildman–Crippen LogP) is 3.81. The highest BCUT2D eigenvalue weighted by atomic mass is 16.3. The molecule has 1 aromatic heterocycles. The molecule has 0 saturated carbocycles. The van der Waals surface area contributed by atoms with E-state index in [1.165, 1.54) is 25.1 Å². The van der Waals surface area contributed by atoms with Crippen molar-refractivity contribution in [2.24, 2.45) is 17.8 Å². The van der Waals surface area contributed by atoms with E-state index >= 15 is 0 Å². The first-order valence-corrected chi connectivity index (χ1v) is 8.47. The van der Waals surface area contributed by atoms with E-state index in [4.69, 9.17) is 4.42 Å². The molecule has 0 bridgehead atoms. The molecule has 1 saturated heterocycles. The summed E-state index contributed by atoms with van der Waals surface area (Å²) in [5, 5.41) is 3.50. The number of hydrogen-bond donors (Lipinski definition) is 1. The molecule has 3 heteroatoms. The molecule has 0 amide bonds. The fourth-order valence-electron chi connectivity index (χ4n) is 3.11. The Kier molecular flexibility index (Phi) is 5.88. The molecule has 0 spiro atoms. The van der Waals surface area contributed by atoms with Crippen LogP contribution in [0.2, 0.25) is 0 Å². The van der Waals surface area contributed by atoms with Gasteiger partial charge in [0.25, 0.3) is 0 Å². The monoisotopic (exact) mass is 292 g/mol. The average molecular weight is 292 g/mol. The number of hydrogen-bond acceptors (Lipinski definition) is 3. The topological polar surface area (TPSA) is 28.4 Å². The summed E-state index contributed by atoms with van der Waals surface area (Å²) in [5.41, 5.74) is 1.31. The zero-order chi connectivity index (χ0) is 15.4. The first-order chi connectivity index (χ1) is 9.95. The van der Waals surface area contributed by atoms with E-state index < -0.39 is 0 Å². The highest BCUT2D eigenvalue weighted by Crippen LogP contribution is 2.26. The molecule has 120 valence electrons. The van der Waals surface area contributed by atoms with E-state index in [9.17, 15) is 0 Å². The molecule has 0 radical (unpaired) electrons. The van der Waals surface area contributed by atoms with Crippen LogP contribution in [-0.2, 0) is 13.1 Å². The Labute approximate surface area is 130 Å². The third-order valence-electron chi connectivity index (χ3n) is 4.57. The third kappa shape index (κ3) is 4.86. The molecule has 1 aliphatic rings. The van der Waals surface area contributed by atoms with Gasteiger partial charge in [0, 0.05) is 18.7 Å². The summed E-state index contributed by atoms with van der Waals surface area (Å²) < 4.78 is 5.95. The molecule has 21 heavy (non-hydrogen) atoms. The SMILES string of the molecule is Cc1oc(CN2CCC(C(C)C)C2)cc1CNCC(C)C. The molecule has 1 aliphatic heterocycles. The lowest BCUT2D eigenvalue weighted by Gasteiger charge is -2.16. The van der Waals surface area contributed by atoms with E-state index in [2.05, 4.69) is 50.9 Å². The number of nitrogens with zero attached hydrogens (tertiary/aromatic N) is 1. The molecule has 2 heterocycles. The van der Waals surface area contributed by atoms with Crippen LogP contribution in [0.5, 0.6) is 0 Å². The molecule has 3 nitrogen and oxygen atoms in total. The Hall–Kier alpha value is -0.800. The van der Waals surface area contributed by atoms with Crippen LogP contribution in [0.4, 0.5) is 0 Å². The molecular weight excluding hydrogens is 260 g/mol. The molecule has 1 aromatic rings. The standard InChI is InChI=1S/C18H32N2O/c1-13(2)9-19-10-17-8-18(21-15(17)5)12-20-7-6-16(11-20)14(3)4/h8,13-14,16,19H,6-7,9-12H2,1-5H3. The third-order valence-corrected chi connectivity index (χ3v) is 4.57. The van der Waals surface area contributed by atoms with Crippen molar-refractivity contribution >= 4 is 0 Å². The molecule has 0 aliphatic carbocycles. The maximum atomic E-state index is 5.95. The van der Waals surface area contributed by atoms with Crippen LogP contribution in [0.1, 0.15) is 51.2 Å². The fraction of sp³-hybridized carbons (Fsp3) is 0.778. The first-order valence-electron chi connectivity index (χ1n) is 8.47. The highest BCUT2D eigenvalue weighted by molar-refractivity contribution is 5.20. The summed E-state index contributed by atoms with van der Waals surface area (Å²) in [4.78, 5) is 2.54. The van der Waals surface area contributed by atoms with Crippen molar-refractivity contribution in [3.05, 3.63) is 23.2 Å². The first kappa shape index (κ1) is 16.6. The number of nitrogens with one attached hydrogen (secondary N) is 1. The van der Waals surface area contributed by atoms with E-state index in [1.54, 1.807) is 0 Å². The summed E-state index contributed by atoms with van der Waals surface area (Å²) in [6.07, 6.45) is 1.33. The van der Waals surface area contributed by atoms with Gasteiger partial charge in [-0.1, -0.05) is 27.7 Å². The van der Waals surface area contributed by atoms with Crippen LogP contribution in [0.3, 0.4) is 0 Å². The van der Waals surface area contributed by atoms with Crippen molar-refractivity contribution in [1.29, 1.82) is 0 Å². The average Bonchev–Trinajstić information content (AvgIpc) is 2.97. The van der Waals surface area contributed by atoms with Gasteiger partial charge in [0.05, 0.1) is 6.54 Å². The zero-order valence-electron chi connectivity index (χ0n) is 14.4. The van der Waals surface area contributed by atoms with Gasteiger partial charge in [0.1, 0.15) is 11.5 Å².